The van der Waals surface area contributed by atoms with E-state index >= 15 is 0 Å². The van der Waals surface area contributed by atoms with Crippen LogP contribution >= 0.6 is 0 Å². The van der Waals surface area contributed by atoms with E-state index in [9.17, 15) is 9.59 Å². The molecule has 2 heteroatoms. The van der Waals surface area contributed by atoms with Gasteiger partial charge in [0.15, 0.2) is 0 Å². The van der Waals surface area contributed by atoms with Crippen molar-refractivity contribution >= 4 is 11.6 Å². The van der Waals surface area contributed by atoms with E-state index in [2.05, 4.69) is 0 Å². The Labute approximate surface area is 82.1 Å². The lowest BCUT2D eigenvalue weighted by molar-refractivity contribution is -0.129. The van der Waals surface area contributed by atoms with Crippen molar-refractivity contribution in [2.24, 2.45) is 10.8 Å². The Hall–Kier alpha value is -0.790. The number of ketones is 2. The molecule has 0 aromatic rings. The van der Waals surface area contributed by atoms with Crippen LogP contribution in [-0.2, 0) is 9.59 Å². The van der Waals surface area contributed by atoms with Crippen LogP contribution in [0.4, 0.5) is 0 Å². The van der Waals surface area contributed by atoms with Gasteiger partial charge in [0.1, 0.15) is 0 Å². The normalized spacial score (nSPS) is 13.5. The van der Waals surface area contributed by atoms with E-state index in [0.717, 1.165) is 0 Å². The van der Waals surface area contributed by atoms with Crippen LogP contribution in [0.15, 0.2) is 0 Å². The van der Waals surface area contributed by atoms with Crippen molar-refractivity contribution in [3.8, 4) is 0 Å². The van der Waals surface area contributed by atoms with Gasteiger partial charge >= 0.3 is 0 Å². The number of rotatable bonds is 2. The summed E-state index contributed by atoms with van der Waals surface area (Å²) >= 11 is 0. The van der Waals surface area contributed by atoms with Gasteiger partial charge in [0.25, 0.3) is 0 Å². The van der Waals surface area contributed by atoms with Crippen molar-refractivity contribution in [3.05, 3.63) is 6.40 Å². The van der Waals surface area contributed by atoms with Crippen molar-refractivity contribution in [2.75, 3.05) is 0 Å². The first kappa shape index (κ1) is 10.3. The van der Waals surface area contributed by atoms with Crippen LogP contribution in [0.1, 0.15) is 42.9 Å². The van der Waals surface area contributed by atoms with Crippen LogP contribution in [0.25, 0.3) is 0 Å². The van der Waals surface area contributed by atoms with Crippen molar-refractivity contribution in [2.45, 2.75) is 41.5 Å². The molecule has 0 aliphatic rings. The summed E-state index contributed by atoms with van der Waals surface area (Å²) in [5, 5.41) is 0. The summed E-state index contributed by atoms with van der Waals surface area (Å²) in [6.07, 6.45) is -0.384. The molecule has 0 unspecified atom stereocenters. The van der Waals surface area contributed by atoms with Gasteiger partial charge in [-0.05, 0) is 10.8 Å². The minimum absolute atomic E-state index is 0.384. The predicted octanol–water partition coefficient (Wildman–Crippen LogP) is 2.42. The molecule has 2 nitrogen and oxygen atoms in total. The molecule has 0 N–H and O–H groups in total. The molecule has 0 radical (unpaired) electrons. The van der Waals surface area contributed by atoms with Gasteiger partial charge in [0, 0.05) is 11.6 Å². The molecule has 0 heterocycles. The number of Topliss-reactive ketones (excluding diaryl/α,β-unsaturated/α-hetero) is 2. The maximum Gasteiger partial charge on any atom is 0.0107 e. The van der Waals surface area contributed by atoms with Crippen LogP contribution in [0.5, 0.6) is 0 Å². The Balaban J connectivity index is 4.74. The third-order valence-electron chi connectivity index (χ3n) is 1.59. The first-order valence-electron chi connectivity index (χ1n) is 4.91. The summed E-state index contributed by atoms with van der Waals surface area (Å²) in [6, 6.07) is 0. The lowest BCUT2D eigenvalue weighted by Gasteiger charge is -2.29. The van der Waals surface area contributed by atoms with Crippen LogP contribution in [0, 0.1) is 17.2 Å². The number of hydrogen-bond acceptors (Lipinski definition) is 2. The average Bonchev–Trinajstić information content (AvgIpc) is 1.97. The lowest BCUT2D eigenvalue weighted by atomic mass is 9.82. The van der Waals surface area contributed by atoms with Gasteiger partial charge in [-0.3, -0.25) is 6.40 Å². The van der Waals surface area contributed by atoms with E-state index in [1.807, 2.05) is 0 Å². The fourth-order valence-electron chi connectivity index (χ4n) is 0.478. The van der Waals surface area contributed by atoms with Crippen LogP contribution < -0.4 is 0 Å². The first-order valence-corrected chi connectivity index (χ1v) is 4.41. The SMILES string of the molecule is [2H][C-](C(=O)C(C)(C)C)C(=O)C(C)(C)C. The zero-order valence-corrected chi connectivity index (χ0v) is 9.32. The Morgan fingerprint density at radius 1 is 0.923 bits per heavy atom. The molecule has 0 bridgehead atoms. The highest BCUT2D eigenvalue weighted by molar-refractivity contribution is 6.13. The molecule has 0 saturated carbocycles. The van der Waals surface area contributed by atoms with E-state index in [4.69, 9.17) is 1.37 Å². The Bertz CT molecular complexity index is 217. The van der Waals surface area contributed by atoms with Crippen LogP contribution in [0.3, 0.4) is 0 Å². The standard InChI is InChI=1S/C11H19O2/c1-10(2,3)8(12)7-9(13)11(4,5)6/h7H,1-6H3/q-1/i7D. The van der Waals surface area contributed by atoms with E-state index in [0.29, 0.717) is 0 Å². The van der Waals surface area contributed by atoms with Gasteiger partial charge in [-0.2, -0.15) is 1.37 Å². The second kappa shape index (κ2) is 3.52. The summed E-state index contributed by atoms with van der Waals surface area (Å²) in [5.74, 6) is -0.783. The molecule has 13 heavy (non-hydrogen) atoms. The zero-order chi connectivity index (χ0) is 11.7. The quantitative estimate of drug-likeness (QED) is 0.488. The van der Waals surface area contributed by atoms with E-state index in [1.54, 1.807) is 41.5 Å². The molecule has 0 atom stereocenters. The van der Waals surface area contributed by atoms with Gasteiger partial charge in [-0.15, -0.1) is 0 Å². The Morgan fingerprint density at radius 3 is 1.31 bits per heavy atom. The summed E-state index contributed by atoms with van der Waals surface area (Å²) in [5.41, 5.74) is -1.31. The van der Waals surface area contributed by atoms with Gasteiger partial charge < -0.3 is 9.59 Å². The van der Waals surface area contributed by atoms with Gasteiger partial charge in [-0.25, -0.2) is 0 Å². The molecule has 0 amide bonds. The highest BCUT2D eigenvalue weighted by Gasteiger charge is 2.20. The van der Waals surface area contributed by atoms with E-state index < -0.39 is 22.4 Å². The molecule has 0 aliphatic carbocycles. The molecule has 0 aliphatic heterocycles. The maximum atomic E-state index is 11.6. The minimum Gasteiger partial charge on any atom is -0.333 e. The number of carbonyl (C=O) groups is 2. The first-order chi connectivity index (χ1) is 5.98. The number of carbonyl (C=O) groups excluding carboxylic acids is 2. The van der Waals surface area contributed by atoms with Gasteiger partial charge in [-0.1, -0.05) is 41.5 Å². The third-order valence-corrected chi connectivity index (χ3v) is 1.59. The zero-order valence-electron chi connectivity index (χ0n) is 10.3. The Kier molecular flexibility index (Phi) is 2.79. The molecule has 0 spiro atoms. The summed E-state index contributed by atoms with van der Waals surface area (Å²) in [6.45, 7) is 10.2. The van der Waals surface area contributed by atoms with Gasteiger partial charge in [0.2, 0.25) is 0 Å². The molecule has 0 aromatic carbocycles. The van der Waals surface area contributed by atoms with Crippen molar-refractivity contribution in [1.29, 1.82) is 0 Å². The van der Waals surface area contributed by atoms with Crippen molar-refractivity contribution in [1.82, 2.24) is 0 Å². The fraction of sp³-hybridized carbons (Fsp3) is 0.727. The average molecular weight is 184 g/mol. The third kappa shape index (κ3) is 4.11. The second-order valence-electron chi connectivity index (χ2n) is 5.28. The summed E-state index contributed by atoms with van der Waals surface area (Å²) in [7, 11) is 0. The molecular formula is C11H19O2-. The monoisotopic (exact) mass is 184 g/mol. The van der Waals surface area contributed by atoms with Crippen LogP contribution in [-0.4, -0.2) is 11.6 Å². The van der Waals surface area contributed by atoms with Crippen LogP contribution in [0.2, 0.25) is 0 Å². The van der Waals surface area contributed by atoms with E-state index in [1.165, 1.54) is 0 Å². The smallest absolute Gasteiger partial charge is 0.0107 e. The number of hydrogen-bond donors (Lipinski definition) is 0. The molecule has 0 saturated heterocycles. The van der Waals surface area contributed by atoms with Crippen molar-refractivity contribution < 1.29 is 11.0 Å². The maximum absolute atomic E-state index is 11.6. The molecule has 0 fully saturated rings. The second-order valence-corrected chi connectivity index (χ2v) is 5.28. The molecular weight excluding hydrogens is 164 g/mol. The molecule has 76 valence electrons. The Morgan fingerprint density at radius 2 is 1.15 bits per heavy atom. The lowest BCUT2D eigenvalue weighted by Crippen LogP contribution is -2.29. The fourth-order valence-corrected chi connectivity index (χ4v) is 0.478. The molecule has 0 aromatic heterocycles. The minimum atomic E-state index is -0.655. The van der Waals surface area contributed by atoms with Gasteiger partial charge in [0.05, 0.1) is 0 Å². The van der Waals surface area contributed by atoms with Crippen molar-refractivity contribution in [3.63, 3.8) is 0 Å². The highest BCUT2D eigenvalue weighted by atomic mass is 16.1. The van der Waals surface area contributed by atoms with E-state index in [-0.39, 0.29) is 6.40 Å². The topological polar surface area (TPSA) is 34.1 Å². The summed E-state index contributed by atoms with van der Waals surface area (Å²) in [4.78, 5) is 23.2. The largest absolute Gasteiger partial charge is 0.333 e. The highest BCUT2D eigenvalue weighted by Crippen LogP contribution is 2.21. The molecule has 0 rings (SSSR count). The predicted molar refractivity (Wildman–Crippen MR) is 53.2 cm³/mol. The summed E-state index contributed by atoms with van der Waals surface area (Å²) < 4.78 is 7.51.